The Morgan fingerprint density at radius 1 is 0.947 bits per heavy atom. The van der Waals surface area contributed by atoms with Crippen LogP contribution in [0.5, 0.6) is 0 Å². The van der Waals surface area contributed by atoms with Crippen LogP contribution in [0.15, 0.2) is 72.8 Å². The van der Waals surface area contributed by atoms with Gasteiger partial charge in [-0.3, -0.25) is 14.4 Å². The molecule has 2 saturated heterocycles. The summed E-state index contributed by atoms with van der Waals surface area (Å²) in [6.45, 7) is 6.16. The van der Waals surface area contributed by atoms with E-state index in [9.17, 15) is 14.4 Å². The van der Waals surface area contributed by atoms with Crippen LogP contribution < -0.4 is 10.2 Å². The van der Waals surface area contributed by atoms with Crippen molar-refractivity contribution in [2.45, 2.75) is 38.6 Å². The molecule has 2 fully saturated rings. The molecule has 2 aliphatic heterocycles. The molecule has 7 nitrogen and oxygen atoms in total. The summed E-state index contributed by atoms with van der Waals surface area (Å²) in [5.41, 5.74) is 0.877. The van der Waals surface area contributed by atoms with Gasteiger partial charge in [-0.05, 0) is 47.7 Å². The first kappa shape index (κ1) is 25.8. The van der Waals surface area contributed by atoms with Gasteiger partial charge >= 0.3 is 0 Å². The van der Waals surface area contributed by atoms with Gasteiger partial charge in [0.25, 0.3) is 11.8 Å². The van der Waals surface area contributed by atoms with Crippen LogP contribution in [0.2, 0.25) is 0 Å². The average molecular weight is 513 g/mol. The number of carbonyl (C=O) groups excluding carboxylic acids is 3. The smallest absolute Gasteiger partial charge is 0.254 e. The van der Waals surface area contributed by atoms with E-state index in [1.54, 1.807) is 4.90 Å². The molecule has 3 aromatic rings. The number of carbonyl (C=O) groups is 3. The molecule has 5 rings (SSSR count). The van der Waals surface area contributed by atoms with E-state index in [0.29, 0.717) is 50.6 Å². The lowest BCUT2D eigenvalue weighted by Gasteiger charge is -2.43. The van der Waals surface area contributed by atoms with Gasteiger partial charge in [0.05, 0.1) is 6.67 Å². The number of likely N-dealkylation sites (tertiary alicyclic amines) is 1. The average Bonchev–Trinajstić information content (AvgIpc) is 3.22. The van der Waals surface area contributed by atoms with Gasteiger partial charge in [0.1, 0.15) is 12.1 Å². The van der Waals surface area contributed by atoms with Crippen LogP contribution in [0.1, 0.15) is 43.5 Å². The molecule has 0 bridgehead atoms. The summed E-state index contributed by atoms with van der Waals surface area (Å²) in [6.07, 6.45) is 2.02. The number of hydrogen-bond donors (Lipinski definition) is 1. The van der Waals surface area contributed by atoms with Crippen molar-refractivity contribution in [3.05, 3.63) is 78.4 Å². The van der Waals surface area contributed by atoms with Crippen LogP contribution >= 0.6 is 0 Å². The molecule has 0 radical (unpaired) electrons. The zero-order chi connectivity index (χ0) is 26.7. The molecule has 2 heterocycles. The largest absolute Gasteiger partial charge is 0.354 e. The Morgan fingerprint density at radius 2 is 1.63 bits per heavy atom. The number of hydrogen-bond acceptors (Lipinski definition) is 4. The van der Waals surface area contributed by atoms with Crippen LogP contribution in [0.25, 0.3) is 10.8 Å². The van der Waals surface area contributed by atoms with Gasteiger partial charge in [-0.1, -0.05) is 74.9 Å². The van der Waals surface area contributed by atoms with Crippen molar-refractivity contribution in [3.63, 3.8) is 0 Å². The molecule has 3 amide bonds. The Morgan fingerprint density at radius 3 is 2.37 bits per heavy atom. The molecule has 0 saturated carbocycles. The Bertz CT molecular complexity index is 1310. The van der Waals surface area contributed by atoms with Gasteiger partial charge < -0.3 is 20.0 Å². The van der Waals surface area contributed by atoms with E-state index >= 15 is 0 Å². The van der Waals surface area contributed by atoms with E-state index in [4.69, 9.17) is 0 Å². The lowest BCUT2D eigenvalue weighted by molar-refractivity contribution is -0.137. The molecule has 198 valence electrons. The predicted octanol–water partition coefficient (Wildman–Crippen LogP) is 4.28. The molecule has 1 spiro atoms. The molecule has 38 heavy (non-hydrogen) atoms. The van der Waals surface area contributed by atoms with Gasteiger partial charge in [-0.2, -0.15) is 0 Å². The molecular formula is C31H36N4O3. The van der Waals surface area contributed by atoms with Gasteiger partial charge in [-0.25, -0.2) is 0 Å². The molecule has 1 N–H and O–H groups in total. The van der Waals surface area contributed by atoms with Crippen molar-refractivity contribution in [1.29, 1.82) is 0 Å². The van der Waals surface area contributed by atoms with Gasteiger partial charge in [0.2, 0.25) is 5.91 Å². The second kappa shape index (κ2) is 10.9. The second-order valence-corrected chi connectivity index (χ2v) is 10.6. The predicted molar refractivity (Wildman–Crippen MR) is 150 cm³/mol. The lowest BCUT2D eigenvalue weighted by Crippen LogP contribution is -2.57. The number of nitrogens with zero attached hydrogens (tertiary/aromatic N) is 3. The monoisotopic (exact) mass is 512 g/mol. The van der Waals surface area contributed by atoms with Crippen LogP contribution in [0, 0.1) is 5.92 Å². The fraction of sp³-hybridized carbons (Fsp3) is 0.387. The lowest BCUT2D eigenvalue weighted by atomic mass is 9.85. The minimum atomic E-state index is -0.770. The third-order valence-electron chi connectivity index (χ3n) is 8.16. The topological polar surface area (TPSA) is 73.0 Å². The van der Waals surface area contributed by atoms with E-state index in [0.717, 1.165) is 22.9 Å². The van der Waals surface area contributed by atoms with E-state index in [1.807, 2.05) is 77.7 Å². The summed E-state index contributed by atoms with van der Waals surface area (Å²) < 4.78 is 0. The third kappa shape index (κ3) is 4.85. The maximum Gasteiger partial charge on any atom is 0.254 e. The van der Waals surface area contributed by atoms with Crippen LogP contribution in [-0.4, -0.2) is 65.9 Å². The number of anilines is 1. The number of benzene rings is 3. The highest BCUT2D eigenvalue weighted by atomic mass is 16.2. The van der Waals surface area contributed by atoms with Crippen LogP contribution in [0.4, 0.5) is 5.69 Å². The summed E-state index contributed by atoms with van der Waals surface area (Å²) >= 11 is 0. The number of para-hydroxylation sites is 1. The summed E-state index contributed by atoms with van der Waals surface area (Å²) in [5.74, 6) is 0.225. The number of nitrogens with one attached hydrogen (secondary N) is 1. The van der Waals surface area contributed by atoms with Crippen molar-refractivity contribution in [2.75, 3.05) is 37.7 Å². The first-order chi connectivity index (χ1) is 18.4. The number of piperidine rings is 1. The van der Waals surface area contributed by atoms with Crippen LogP contribution in [-0.2, 0) is 9.59 Å². The fourth-order valence-electron chi connectivity index (χ4n) is 5.65. The summed E-state index contributed by atoms with van der Waals surface area (Å²) in [5, 5.41) is 4.96. The number of fused-ring (bicyclic) bond motifs is 1. The van der Waals surface area contributed by atoms with Crippen molar-refractivity contribution < 1.29 is 14.4 Å². The molecule has 0 aromatic heterocycles. The van der Waals surface area contributed by atoms with E-state index in [1.165, 1.54) is 0 Å². The van der Waals surface area contributed by atoms with Gasteiger partial charge in [-0.15, -0.1) is 0 Å². The Kier molecular flexibility index (Phi) is 7.36. The molecule has 2 aliphatic rings. The standard InChI is InChI=1S/C31H36N4O3/c1-3-23(2)20-32-28(36)21-34-22-35(25-12-5-4-6-13-25)31(30(34)38)16-18-33(19-17-31)29(37)27-15-9-11-24-10-7-8-14-26(24)27/h4-15,23H,3,16-22H2,1-2H3,(H,32,36). The highest BCUT2D eigenvalue weighted by molar-refractivity contribution is 6.07. The number of rotatable bonds is 7. The normalized spacial score (nSPS) is 17.7. The molecular weight excluding hydrogens is 476 g/mol. The highest BCUT2D eigenvalue weighted by Crippen LogP contribution is 2.39. The van der Waals surface area contributed by atoms with Gasteiger partial charge in [0, 0.05) is 30.9 Å². The minimum Gasteiger partial charge on any atom is -0.354 e. The Balaban J connectivity index is 1.35. The zero-order valence-electron chi connectivity index (χ0n) is 22.2. The van der Waals surface area contributed by atoms with Crippen LogP contribution in [0.3, 0.4) is 0 Å². The summed E-state index contributed by atoms with van der Waals surface area (Å²) in [7, 11) is 0. The first-order valence-corrected chi connectivity index (χ1v) is 13.6. The second-order valence-electron chi connectivity index (χ2n) is 10.6. The van der Waals surface area contributed by atoms with Crippen molar-refractivity contribution in [3.8, 4) is 0 Å². The molecule has 0 aliphatic carbocycles. The van der Waals surface area contributed by atoms with Gasteiger partial charge in [0.15, 0.2) is 0 Å². The quantitative estimate of drug-likeness (QED) is 0.513. The summed E-state index contributed by atoms with van der Waals surface area (Å²) in [4.78, 5) is 45.9. The number of amides is 3. The van der Waals surface area contributed by atoms with Crippen molar-refractivity contribution in [1.82, 2.24) is 15.1 Å². The first-order valence-electron chi connectivity index (χ1n) is 13.6. The SMILES string of the molecule is CCC(C)CNC(=O)CN1CN(c2ccccc2)C2(CCN(C(=O)c3cccc4ccccc34)CC2)C1=O. The maximum atomic E-state index is 13.9. The van der Waals surface area contributed by atoms with Crippen molar-refractivity contribution >= 4 is 34.2 Å². The molecule has 7 heteroatoms. The maximum absolute atomic E-state index is 13.9. The third-order valence-corrected chi connectivity index (χ3v) is 8.16. The summed E-state index contributed by atoms with van der Waals surface area (Å²) in [6, 6.07) is 23.6. The fourth-order valence-corrected chi connectivity index (χ4v) is 5.65. The van der Waals surface area contributed by atoms with Crippen molar-refractivity contribution in [2.24, 2.45) is 5.92 Å². The highest BCUT2D eigenvalue weighted by Gasteiger charge is 2.54. The van der Waals surface area contributed by atoms with E-state index < -0.39 is 5.54 Å². The van der Waals surface area contributed by atoms with E-state index in [2.05, 4.69) is 24.1 Å². The molecule has 3 aromatic carbocycles. The van der Waals surface area contributed by atoms with E-state index in [-0.39, 0.29) is 24.3 Å². The minimum absolute atomic E-state index is 0.00497. The molecule has 1 unspecified atom stereocenters. The zero-order valence-corrected chi connectivity index (χ0v) is 22.2. The Hall–Kier alpha value is -3.87. The molecule has 1 atom stereocenters. The Labute approximate surface area is 224 Å².